The van der Waals surface area contributed by atoms with Crippen molar-refractivity contribution in [3.8, 4) is 17.0 Å². The van der Waals surface area contributed by atoms with Gasteiger partial charge in [-0.3, -0.25) is 4.99 Å². The smallest absolute Gasteiger partial charge is 0.206 e. The van der Waals surface area contributed by atoms with E-state index in [-0.39, 0.29) is 0 Å². The molecule has 1 saturated carbocycles. The third-order valence-electron chi connectivity index (χ3n) is 5.26. The van der Waals surface area contributed by atoms with Crippen LogP contribution in [-0.4, -0.2) is 24.5 Å². The van der Waals surface area contributed by atoms with E-state index in [2.05, 4.69) is 36.4 Å². The van der Waals surface area contributed by atoms with Crippen molar-refractivity contribution in [1.29, 1.82) is 0 Å². The average Bonchev–Trinajstić information content (AvgIpc) is 3.40. The number of hydrogen-bond acceptors (Lipinski definition) is 4. The topological polar surface area (TPSA) is 38.9 Å². The Hall–Kier alpha value is -2.40. The van der Waals surface area contributed by atoms with Crippen LogP contribution in [0.1, 0.15) is 19.8 Å². The normalized spacial score (nSPS) is 24.2. The summed E-state index contributed by atoms with van der Waals surface area (Å²) < 4.78 is 7.53. The van der Waals surface area contributed by atoms with Crippen LogP contribution in [-0.2, 0) is 0 Å². The van der Waals surface area contributed by atoms with E-state index in [9.17, 15) is 0 Å². The van der Waals surface area contributed by atoms with Gasteiger partial charge in [-0.1, -0.05) is 36.4 Å². The molecule has 1 aromatic carbocycles. The number of hydrogen-bond donors (Lipinski definition) is 0. The summed E-state index contributed by atoms with van der Waals surface area (Å²) in [6.07, 6.45) is 9.33. The molecule has 3 atom stereocenters. The second-order valence-electron chi connectivity index (χ2n) is 7.40. The van der Waals surface area contributed by atoms with Crippen molar-refractivity contribution < 1.29 is 4.74 Å². The van der Waals surface area contributed by atoms with E-state index in [4.69, 9.17) is 14.8 Å². The zero-order valence-corrected chi connectivity index (χ0v) is 16.7. The van der Waals surface area contributed by atoms with Gasteiger partial charge in [-0.2, -0.15) is 5.10 Å². The summed E-state index contributed by atoms with van der Waals surface area (Å²) in [4.78, 5) is 5.60. The van der Waals surface area contributed by atoms with Crippen LogP contribution >= 0.6 is 11.3 Å². The number of benzene rings is 1. The average molecular weight is 380 g/mol. The number of aromatic nitrogens is 1. The molecule has 27 heavy (non-hydrogen) atoms. The van der Waals surface area contributed by atoms with Gasteiger partial charge in [-0.25, -0.2) is 4.68 Å². The molecule has 1 aromatic heterocycles. The third-order valence-corrected chi connectivity index (χ3v) is 6.11. The minimum absolute atomic E-state index is 0.520. The highest BCUT2D eigenvalue weighted by molar-refractivity contribution is 7.07. The van der Waals surface area contributed by atoms with Crippen LogP contribution in [0.15, 0.2) is 64.0 Å². The second kappa shape index (κ2) is 7.69. The first kappa shape index (κ1) is 18.0. The molecule has 1 heterocycles. The summed E-state index contributed by atoms with van der Waals surface area (Å²) in [5, 5.41) is 6.99. The SMILES string of the molecule is C=C(C)CN=c1scc(-c2ccccc2OC)n1N=CC1CC2C=CC1C2. The summed E-state index contributed by atoms with van der Waals surface area (Å²) in [6, 6.07) is 8.05. The highest BCUT2D eigenvalue weighted by atomic mass is 32.1. The molecular weight excluding hydrogens is 354 g/mol. The number of ether oxygens (including phenoxy) is 1. The molecule has 2 bridgehead atoms. The van der Waals surface area contributed by atoms with Gasteiger partial charge in [0.05, 0.1) is 19.3 Å². The van der Waals surface area contributed by atoms with E-state index in [1.54, 1.807) is 18.4 Å². The number of thiazole rings is 1. The van der Waals surface area contributed by atoms with E-state index >= 15 is 0 Å². The van der Waals surface area contributed by atoms with E-state index in [1.807, 2.05) is 29.8 Å². The number of methoxy groups -OCH3 is 1. The van der Waals surface area contributed by atoms with Crippen LogP contribution in [0.4, 0.5) is 0 Å². The lowest BCUT2D eigenvalue weighted by molar-refractivity contribution is 0.416. The highest BCUT2D eigenvalue weighted by Crippen LogP contribution is 2.42. The molecule has 0 spiro atoms. The van der Waals surface area contributed by atoms with Gasteiger partial charge in [-0.05, 0) is 43.7 Å². The Morgan fingerprint density at radius 1 is 1.33 bits per heavy atom. The molecule has 0 amide bonds. The Balaban J connectivity index is 1.74. The van der Waals surface area contributed by atoms with Crippen LogP contribution in [0.5, 0.6) is 5.75 Å². The molecular formula is C22H25N3OS. The fourth-order valence-electron chi connectivity index (χ4n) is 3.91. The van der Waals surface area contributed by atoms with Crippen molar-refractivity contribution in [2.45, 2.75) is 19.8 Å². The summed E-state index contributed by atoms with van der Waals surface area (Å²) in [5.74, 6) is 2.74. The second-order valence-corrected chi connectivity index (χ2v) is 8.23. The number of nitrogens with zero attached hydrogens (tertiary/aromatic N) is 3. The molecule has 0 saturated heterocycles. The molecule has 2 aromatic rings. The molecule has 140 valence electrons. The Kier molecular flexibility index (Phi) is 5.12. The van der Waals surface area contributed by atoms with E-state index in [1.165, 1.54) is 12.8 Å². The molecule has 4 nitrogen and oxygen atoms in total. The number of fused-ring (bicyclic) bond motifs is 2. The van der Waals surface area contributed by atoms with Gasteiger partial charge in [0.1, 0.15) is 5.75 Å². The van der Waals surface area contributed by atoms with E-state index < -0.39 is 0 Å². The highest BCUT2D eigenvalue weighted by Gasteiger charge is 2.34. The third kappa shape index (κ3) is 3.69. The Morgan fingerprint density at radius 2 is 2.19 bits per heavy atom. The molecule has 1 fully saturated rings. The number of para-hydroxylation sites is 1. The molecule has 4 rings (SSSR count). The lowest BCUT2D eigenvalue weighted by atomic mass is 9.95. The van der Waals surface area contributed by atoms with Crippen LogP contribution < -0.4 is 9.54 Å². The molecule has 3 unspecified atom stereocenters. The fraction of sp³-hybridized carbons (Fsp3) is 0.364. The van der Waals surface area contributed by atoms with Crippen molar-refractivity contribution in [2.24, 2.45) is 27.8 Å². The quantitative estimate of drug-likeness (QED) is 0.527. The number of allylic oxidation sites excluding steroid dienone is 2. The van der Waals surface area contributed by atoms with Crippen LogP contribution in [0.2, 0.25) is 0 Å². The van der Waals surface area contributed by atoms with Gasteiger partial charge in [0.2, 0.25) is 4.80 Å². The van der Waals surface area contributed by atoms with Crippen molar-refractivity contribution in [3.63, 3.8) is 0 Å². The summed E-state index contributed by atoms with van der Waals surface area (Å²) >= 11 is 1.60. The zero-order valence-electron chi connectivity index (χ0n) is 15.8. The van der Waals surface area contributed by atoms with Crippen molar-refractivity contribution in [1.82, 2.24) is 4.68 Å². The van der Waals surface area contributed by atoms with Gasteiger partial charge < -0.3 is 4.74 Å². The minimum atomic E-state index is 0.520. The van der Waals surface area contributed by atoms with Crippen LogP contribution in [0, 0.1) is 17.8 Å². The fourth-order valence-corrected chi connectivity index (χ4v) is 4.74. The number of rotatable bonds is 6. The minimum Gasteiger partial charge on any atom is -0.496 e. The largest absolute Gasteiger partial charge is 0.496 e. The van der Waals surface area contributed by atoms with Gasteiger partial charge in [0.15, 0.2) is 0 Å². The summed E-state index contributed by atoms with van der Waals surface area (Å²) in [5.41, 5.74) is 3.07. The maximum atomic E-state index is 5.57. The Labute approximate surface area is 164 Å². The first-order chi connectivity index (χ1) is 13.2. The molecule has 5 heteroatoms. The predicted octanol–water partition coefficient (Wildman–Crippen LogP) is 4.75. The standard InChI is InChI=1S/C22H25N3OS/c1-15(2)12-23-22-25(24-13-18-11-16-8-9-17(18)10-16)20(14-27-22)19-6-4-5-7-21(19)26-3/h4-9,13-14,16-18H,1,10-12H2,2-3H3. The first-order valence-electron chi connectivity index (χ1n) is 9.37. The predicted molar refractivity (Wildman–Crippen MR) is 112 cm³/mol. The van der Waals surface area contributed by atoms with E-state index in [0.717, 1.165) is 33.3 Å². The summed E-state index contributed by atoms with van der Waals surface area (Å²) in [7, 11) is 1.70. The molecule has 2 aliphatic carbocycles. The monoisotopic (exact) mass is 379 g/mol. The van der Waals surface area contributed by atoms with Gasteiger partial charge in [0.25, 0.3) is 0 Å². The molecule has 0 aliphatic heterocycles. The first-order valence-corrected chi connectivity index (χ1v) is 10.2. The maximum absolute atomic E-state index is 5.57. The van der Waals surface area contributed by atoms with Crippen molar-refractivity contribution in [2.75, 3.05) is 13.7 Å². The van der Waals surface area contributed by atoms with Gasteiger partial charge >= 0.3 is 0 Å². The molecule has 0 radical (unpaired) electrons. The summed E-state index contributed by atoms with van der Waals surface area (Å²) in [6.45, 7) is 6.57. The lowest BCUT2D eigenvalue weighted by Crippen LogP contribution is -2.16. The van der Waals surface area contributed by atoms with Gasteiger partial charge in [-0.15, -0.1) is 11.3 Å². The van der Waals surface area contributed by atoms with E-state index in [0.29, 0.717) is 18.4 Å². The van der Waals surface area contributed by atoms with Crippen LogP contribution in [0.25, 0.3) is 11.3 Å². The van der Waals surface area contributed by atoms with Crippen LogP contribution in [0.3, 0.4) is 0 Å². The zero-order chi connectivity index (χ0) is 18.8. The van der Waals surface area contributed by atoms with Crippen molar-refractivity contribution >= 4 is 17.6 Å². The molecule has 2 aliphatic rings. The Bertz CT molecular complexity index is 966. The lowest BCUT2D eigenvalue weighted by Gasteiger charge is -2.13. The Morgan fingerprint density at radius 3 is 2.89 bits per heavy atom. The molecule has 0 N–H and O–H groups in total. The van der Waals surface area contributed by atoms with Crippen molar-refractivity contribution in [3.05, 3.63) is 58.8 Å². The maximum Gasteiger partial charge on any atom is 0.206 e. The van der Waals surface area contributed by atoms with Gasteiger partial charge in [0, 0.05) is 23.1 Å².